The van der Waals surface area contributed by atoms with Crippen molar-refractivity contribution in [2.75, 3.05) is 19.7 Å². The molecular weight excluding hydrogens is 377 g/mol. The number of hydrogen-bond donors (Lipinski definition) is 0. The predicted octanol–water partition coefficient (Wildman–Crippen LogP) is 2.50. The number of rotatable bonds is 5. The first kappa shape index (κ1) is 21.3. The third kappa shape index (κ3) is 5.74. The number of esters is 2. The maximum absolute atomic E-state index is 14.2. The molecule has 2 rings (SSSR count). The molecule has 0 saturated carbocycles. The van der Waals surface area contributed by atoms with Crippen LogP contribution in [-0.2, 0) is 24.3 Å². The minimum atomic E-state index is -4.05. The standard InChI is InChI=1S/C18H24FNO6S/c1-18(2,3)26-16(21)12-25-17(22)13-7-8-14(19)15(11-13)27(23,24)20-9-5-4-6-10-20/h7-8,11H,4-6,9-10,12H2,1-3H3. The first-order chi connectivity index (χ1) is 12.5. The molecule has 27 heavy (non-hydrogen) atoms. The van der Waals surface area contributed by atoms with E-state index in [0.717, 1.165) is 24.6 Å². The maximum Gasteiger partial charge on any atom is 0.344 e. The van der Waals surface area contributed by atoms with Crippen LogP contribution >= 0.6 is 0 Å². The van der Waals surface area contributed by atoms with Crippen molar-refractivity contribution in [2.45, 2.75) is 50.5 Å². The Labute approximate surface area is 158 Å². The number of piperidine rings is 1. The summed E-state index contributed by atoms with van der Waals surface area (Å²) < 4.78 is 50.6. The van der Waals surface area contributed by atoms with Crippen molar-refractivity contribution in [1.29, 1.82) is 0 Å². The van der Waals surface area contributed by atoms with Gasteiger partial charge in [0.1, 0.15) is 16.3 Å². The highest BCUT2D eigenvalue weighted by molar-refractivity contribution is 7.89. The number of sulfonamides is 1. The van der Waals surface area contributed by atoms with Gasteiger partial charge in [0, 0.05) is 13.1 Å². The number of benzene rings is 1. The SMILES string of the molecule is CC(C)(C)OC(=O)COC(=O)c1ccc(F)c(S(=O)(=O)N2CCCCC2)c1. The van der Waals surface area contributed by atoms with Crippen LogP contribution in [0.1, 0.15) is 50.4 Å². The van der Waals surface area contributed by atoms with Gasteiger partial charge in [0.25, 0.3) is 0 Å². The molecule has 0 unspecified atom stereocenters. The minimum Gasteiger partial charge on any atom is -0.457 e. The topological polar surface area (TPSA) is 90.0 Å². The zero-order valence-electron chi connectivity index (χ0n) is 15.7. The lowest BCUT2D eigenvalue weighted by Crippen LogP contribution is -2.36. The van der Waals surface area contributed by atoms with Crippen LogP contribution in [0.5, 0.6) is 0 Å². The predicted molar refractivity (Wildman–Crippen MR) is 95.1 cm³/mol. The lowest BCUT2D eigenvalue weighted by molar-refractivity contribution is -0.158. The smallest absolute Gasteiger partial charge is 0.344 e. The Morgan fingerprint density at radius 2 is 1.78 bits per heavy atom. The Hall–Kier alpha value is -2.00. The first-order valence-corrected chi connectivity index (χ1v) is 10.1. The Balaban J connectivity index is 2.14. The molecule has 0 amide bonds. The molecule has 1 aliphatic heterocycles. The van der Waals surface area contributed by atoms with Crippen molar-refractivity contribution in [1.82, 2.24) is 4.31 Å². The van der Waals surface area contributed by atoms with Crippen molar-refractivity contribution in [3.63, 3.8) is 0 Å². The van der Waals surface area contributed by atoms with E-state index in [1.807, 2.05) is 0 Å². The van der Waals surface area contributed by atoms with E-state index >= 15 is 0 Å². The second-order valence-corrected chi connectivity index (χ2v) is 9.18. The van der Waals surface area contributed by atoms with Gasteiger partial charge in [0.15, 0.2) is 6.61 Å². The third-order valence-electron chi connectivity index (χ3n) is 3.84. The molecular formula is C18H24FNO6S. The molecule has 9 heteroatoms. The van der Waals surface area contributed by atoms with Crippen LogP contribution in [0.25, 0.3) is 0 Å². The van der Waals surface area contributed by atoms with Gasteiger partial charge < -0.3 is 9.47 Å². The average Bonchev–Trinajstić information content (AvgIpc) is 2.59. The molecule has 0 bridgehead atoms. The zero-order chi connectivity index (χ0) is 20.2. The van der Waals surface area contributed by atoms with Crippen molar-refractivity contribution >= 4 is 22.0 Å². The van der Waals surface area contributed by atoms with E-state index in [1.165, 1.54) is 4.31 Å². The zero-order valence-corrected chi connectivity index (χ0v) is 16.5. The van der Waals surface area contributed by atoms with Gasteiger partial charge in [0.2, 0.25) is 10.0 Å². The van der Waals surface area contributed by atoms with Crippen LogP contribution in [0.15, 0.2) is 23.1 Å². The lowest BCUT2D eigenvalue weighted by atomic mass is 10.2. The fourth-order valence-corrected chi connectivity index (χ4v) is 4.26. The van der Waals surface area contributed by atoms with Gasteiger partial charge in [0.05, 0.1) is 5.56 Å². The normalized spacial score (nSPS) is 16.0. The summed E-state index contributed by atoms with van der Waals surface area (Å²) in [5.74, 6) is -2.61. The molecule has 0 aliphatic carbocycles. The quantitative estimate of drug-likeness (QED) is 0.704. The summed E-state index contributed by atoms with van der Waals surface area (Å²) in [6, 6.07) is 2.96. The number of carbonyl (C=O) groups is 2. The monoisotopic (exact) mass is 401 g/mol. The van der Waals surface area contributed by atoms with Crippen LogP contribution in [0, 0.1) is 5.82 Å². The number of ether oxygens (including phenoxy) is 2. The Morgan fingerprint density at radius 1 is 1.15 bits per heavy atom. The summed E-state index contributed by atoms with van der Waals surface area (Å²) >= 11 is 0. The van der Waals surface area contributed by atoms with E-state index in [1.54, 1.807) is 20.8 Å². The minimum absolute atomic E-state index is 0.157. The van der Waals surface area contributed by atoms with Gasteiger partial charge >= 0.3 is 11.9 Å². The Kier molecular flexibility index (Phi) is 6.59. The Bertz CT molecular complexity index is 810. The van der Waals surface area contributed by atoms with E-state index in [2.05, 4.69) is 0 Å². The van der Waals surface area contributed by atoms with Crippen LogP contribution in [0.2, 0.25) is 0 Å². The molecule has 1 aliphatic rings. The van der Waals surface area contributed by atoms with Crippen molar-refractivity contribution in [3.05, 3.63) is 29.6 Å². The van der Waals surface area contributed by atoms with Gasteiger partial charge in [-0.05, 0) is 51.8 Å². The molecule has 7 nitrogen and oxygen atoms in total. The van der Waals surface area contributed by atoms with Crippen LogP contribution in [0.4, 0.5) is 4.39 Å². The second-order valence-electron chi connectivity index (χ2n) is 7.27. The van der Waals surface area contributed by atoms with Crippen LogP contribution < -0.4 is 0 Å². The Morgan fingerprint density at radius 3 is 2.37 bits per heavy atom. The molecule has 1 aromatic carbocycles. The second kappa shape index (κ2) is 8.35. The molecule has 1 heterocycles. The largest absolute Gasteiger partial charge is 0.457 e. The van der Waals surface area contributed by atoms with Crippen LogP contribution in [-0.4, -0.2) is 50.0 Å². The summed E-state index contributed by atoms with van der Waals surface area (Å²) in [6.45, 7) is 5.02. The van der Waals surface area contributed by atoms with E-state index < -0.39 is 44.9 Å². The van der Waals surface area contributed by atoms with Crippen LogP contribution in [0.3, 0.4) is 0 Å². The number of carbonyl (C=O) groups excluding carboxylic acids is 2. The highest BCUT2D eigenvalue weighted by Crippen LogP contribution is 2.24. The molecule has 1 saturated heterocycles. The van der Waals surface area contributed by atoms with Gasteiger partial charge in [-0.15, -0.1) is 0 Å². The van der Waals surface area contributed by atoms with E-state index in [0.29, 0.717) is 25.9 Å². The van der Waals surface area contributed by atoms with Gasteiger partial charge in [-0.25, -0.2) is 22.4 Å². The summed E-state index contributed by atoms with van der Waals surface area (Å²) in [4.78, 5) is 23.2. The highest BCUT2D eigenvalue weighted by atomic mass is 32.2. The first-order valence-electron chi connectivity index (χ1n) is 8.69. The van der Waals surface area contributed by atoms with E-state index in [9.17, 15) is 22.4 Å². The van der Waals surface area contributed by atoms with Gasteiger partial charge in [-0.2, -0.15) is 4.31 Å². The number of nitrogens with zero attached hydrogens (tertiary/aromatic N) is 1. The van der Waals surface area contributed by atoms with Crippen molar-refractivity contribution in [3.8, 4) is 0 Å². The molecule has 1 fully saturated rings. The van der Waals surface area contributed by atoms with Gasteiger partial charge in [-0.1, -0.05) is 6.42 Å². The molecule has 0 aromatic heterocycles. The van der Waals surface area contributed by atoms with E-state index in [-0.39, 0.29) is 5.56 Å². The van der Waals surface area contributed by atoms with Gasteiger partial charge in [-0.3, -0.25) is 0 Å². The summed E-state index contributed by atoms with van der Waals surface area (Å²) in [5, 5.41) is 0. The molecule has 1 aromatic rings. The van der Waals surface area contributed by atoms with E-state index in [4.69, 9.17) is 9.47 Å². The van der Waals surface area contributed by atoms with Crippen molar-refractivity contribution < 1.29 is 31.9 Å². The number of hydrogen-bond acceptors (Lipinski definition) is 6. The summed E-state index contributed by atoms with van der Waals surface area (Å²) in [6.07, 6.45) is 2.34. The summed E-state index contributed by atoms with van der Waals surface area (Å²) in [5.41, 5.74) is -0.884. The molecule has 0 atom stereocenters. The molecule has 0 radical (unpaired) electrons. The lowest BCUT2D eigenvalue weighted by Gasteiger charge is -2.26. The summed E-state index contributed by atoms with van der Waals surface area (Å²) in [7, 11) is -4.05. The average molecular weight is 401 g/mol. The molecule has 150 valence electrons. The fraction of sp³-hybridized carbons (Fsp3) is 0.556. The fourth-order valence-electron chi connectivity index (χ4n) is 2.65. The molecule has 0 N–H and O–H groups in total. The van der Waals surface area contributed by atoms with Crippen molar-refractivity contribution in [2.24, 2.45) is 0 Å². The highest BCUT2D eigenvalue weighted by Gasteiger charge is 2.29. The molecule has 0 spiro atoms. The maximum atomic E-state index is 14.2. The third-order valence-corrected chi connectivity index (χ3v) is 5.75. The number of halogens is 1.